The largest absolute Gasteiger partial charge is 0.481 e. The van der Waals surface area contributed by atoms with E-state index in [0.717, 1.165) is 23.0 Å². The van der Waals surface area contributed by atoms with Crippen molar-refractivity contribution in [2.75, 3.05) is 25.6 Å². The highest BCUT2D eigenvalue weighted by atomic mass is 31.3. The van der Waals surface area contributed by atoms with E-state index in [9.17, 15) is 29.0 Å². The summed E-state index contributed by atoms with van der Waals surface area (Å²) in [5, 5.41) is 31.4. The molecule has 2 aromatic rings. The number of anilines is 1. The number of aliphatic hydroxyl groups is 2. The highest BCUT2D eigenvalue weighted by Crippen LogP contribution is 2.57. The van der Waals surface area contributed by atoms with Gasteiger partial charge in [0.1, 0.15) is 24.7 Å². The van der Waals surface area contributed by atoms with Gasteiger partial charge in [-0.05, 0) is 16.8 Å². The minimum absolute atomic E-state index is 0.152. The summed E-state index contributed by atoms with van der Waals surface area (Å²) in [6.45, 7) is -0.927. The van der Waals surface area contributed by atoms with Gasteiger partial charge in [-0.2, -0.15) is 4.31 Å². The Bertz CT molecular complexity index is 1640. The van der Waals surface area contributed by atoms with Crippen molar-refractivity contribution in [1.29, 1.82) is 5.41 Å². The number of ketones is 1. The Hall–Kier alpha value is -3.21. The zero-order valence-corrected chi connectivity index (χ0v) is 23.7. The zero-order valence-electron chi connectivity index (χ0n) is 22.0. The minimum Gasteiger partial charge on any atom is -0.387 e. The molecule has 0 amide bonds. The highest BCUT2D eigenvalue weighted by molar-refractivity contribution is 7.60. The third kappa shape index (κ3) is 5.24. The molecule has 1 unspecified atom stereocenters. The van der Waals surface area contributed by atoms with Crippen LogP contribution in [0.5, 0.6) is 0 Å². The van der Waals surface area contributed by atoms with Crippen molar-refractivity contribution in [2.45, 2.75) is 30.1 Å². The molecule has 0 aliphatic carbocycles. The van der Waals surface area contributed by atoms with Gasteiger partial charge in [0, 0.05) is 19.8 Å². The number of aliphatic hydroxyl groups excluding tert-OH is 2. The van der Waals surface area contributed by atoms with Crippen LogP contribution in [0.25, 0.3) is 10.8 Å². The van der Waals surface area contributed by atoms with E-state index in [4.69, 9.17) is 19.9 Å². The summed E-state index contributed by atoms with van der Waals surface area (Å²) >= 11 is 0. The van der Waals surface area contributed by atoms with E-state index >= 15 is 0 Å². The molecule has 0 saturated carbocycles. The van der Waals surface area contributed by atoms with E-state index in [2.05, 4.69) is 23.8 Å². The third-order valence-electron chi connectivity index (χ3n) is 6.82. The molecule has 17 nitrogen and oxygen atoms in total. The summed E-state index contributed by atoms with van der Waals surface area (Å²) in [5.74, 6) is -1.25. The Labute approximate surface area is 237 Å². The Balaban J connectivity index is 1.47. The van der Waals surface area contributed by atoms with Crippen LogP contribution in [0.15, 0.2) is 51.4 Å². The average molecular weight is 624 g/mol. The first-order chi connectivity index (χ1) is 19.7. The summed E-state index contributed by atoms with van der Waals surface area (Å²) in [6.07, 6.45) is -4.30. The van der Waals surface area contributed by atoms with Crippen LogP contribution in [-0.4, -0.2) is 111 Å². The first-order valence-electron chi connectivity index (χ1n) is 12.2. The Morgan fingerprint density at radius 1 is 1.14 bits per heavy atom. The van der Waals surface area contributed by atoms with Gasteiger partial charge in [-0.25, -0.2) is 24.1 Å². The second kappa shape index (κ2) is 10.8. The Morgan fingerprint density at radius 2 is 1.86 bits per heavy atom. The quantitative estimate of drug-likeness (QED) is 0.162. The fourth-order valence-electron chi connectivity index (χ4n) is 4.94. The molecular weight excluding hydrogens is 598 g/mol. The standard InChI is InChI=1S/C23H26N6O11P2/c1-28(2)14-8-7-12-5-3-4-6-13(12)16(14)19(32)23-21(24)25-10-26-22(23)29(11-27-23)20-18(31)17(30)15(39-20)9-38-42(36,37)40-41(33,34)35/h3-8,10-11,15,17-18,20,24,30-31H,9H2,1-2H3,(H,36,37)(H2,33,34,35)/t15-,17-,18-,20-,23+/m1/s1. The van der Waals surface area contributed by atoms with Crippen molar-refractivity contribution in [3.63, 3.8) is 0 Å². The van der Waals surface area contributed by atoms with Crippen molar-refractivity contribution >= 4 is 62.2 Å². The molecule has 1 fully saturated rings. The van der Waals surface area contributed by atoms with Crippen LogP contribution >= 0.6 is 15.6 Å². The summed E-state index contributed by atoms with van der Waals surface area (Å²) < 4.78 is 36.7. The van der Waals surface area contributed by atoms with Crippen LogP contribution in [0.3, 0.4) is 0 Å². The van der Waals surface area contributed by atoms with Gasteiger partial charge in [-0.15, -0.1) is 0 Å². The molecule has 0 radical (unpaired) electrons. The molecule has 6 N–H and O–H groups in total. The number of nitrogens with one attached hydrogen (secondary N) is 1. The highest BCUT2D eigenvalue weighted by Gasteiger charge is 2.59. The number of hydrogen-bond donors (Lipinski definition) is 6. The van der Waals surface area contributed by atoms with E-state index < -0.39 is 63.9 Å². The number of phosphoric acid groups is 2. The SMILES string of the molecule is CN(C)c1ccc2ccccc2c1C(=O)[C@@]12N=CN([C@@H]3O[C@H](COP(=O)(O)OP(=O)(O)O)[C@@H](O)[C@H]3O)C1=NC=NC2=N. The molecule has 3 heterocycles. The summed E-state index contributed by atoms with van der Waals surface area (Å²) in [4.78, 5) is 57.0. The Morgan fingerprint density at radius 3 is 2.55 bits per heavy atom. The molecule has 42 heavy (non-hydrogen) atoms. The molecule has 6 atom stereocenters. The summed E-state index contributed by atoms with van der Waals surface area (Å²) in [6, 6.07) is 10.8. The lowest BCUT2D eigenvalue weighted by molar-refractivity contribution is -0.0503. The predicted octanol–water partition coefficient (Wildman–Crippen LogP) is 0.262. The molecule has 0 spiro atoms. The number of amidine groups is 2. The molecule has 1 saturated heterocycles. The number of nitrogens with zero attached hydrogens (tertiary/aromatic N) is 5. The second-order valence-electron chi connectivity index (χ2n) is 9.70. The number of ether oxygens (including phenoxy) is 1. The number of benzene rings is 2. The van der Waals surface area contributed by atoms with E-state index in [1.54, 1.807) is 37.2 Å². The number of carbonyl (C=O) groups is 1. The summed E-state index contributed by atoms with van der Waals surface area (Å²) in [5.41, 5.74) is -1.29. The first kappa shape index (κ1) is 30.3. The van der Waals surface area contributed by atoms with E-state index in [1.165, 1.54) is 0 Å². The van der Waals surface area contributed by atoms with Gasteiger partial charge in [0.25, 0.3) is 0 Å². The van der Waals surface area contributed by atoms with Crippen molar-refractivity contribution in [1.82, 2.24) is 4.90 Å². The van der Waals surface area contributed by atoms with Crippen molar-refractivity contribution in [3.8, 4) is 0 Å². The lowest BCUT2D eigenvalue weighted by atomic mass is 9.83. The number of aliphatic imine (C=N–C) groups is 3. The van der Waals surface area contributed by atoms with Crippen molar-refractivity contribution < 1.29 is 52.4 Å². The molecule has 3 aliphatic rings. The number of fused-ring (bicyclic) bond motifs is 2. The maximum absolute atomic E-state index is 14.5. The molecule has 224 valence electrons. The zero-order chi connectivity index (χ0) is 30.6. The molecule has 0 aromatic heterocycles. The third-order valence-corrected chi connectivity index (χ3v) is 8.97. The van der Waals surface area contributed by atoms with E-state index in [0.29, 0.717) is 11.1 Å². The topological polar surface area (TPSA) is 247 Å². The Kier molecular flexibility index (Phi) is 7.79. The van der Waals surface area contributed by atoms with Crippen LogP contribution in [0, 0.1) is 5.41 Å². The second-order valence-corrected chi connectivity index (χ2v) is 12.5. The number of hydrogen-bond acceptors (Lipinski definition) is 13. The number of rotatable bonds is 9. The monoisotopic (exact) mass is 624 g/mol. The predicted molar refractivity (Wildman–Crippen MR) is 149 cm³/mol. The number of Topliss-reactive ketones (excluding diaryl/α,β-unsaturated/α-hetero) is 1. The fraction of sp³-hybridized carbons (Fsp3) is 0.348. The molecule has 5 rings (SSSR count). The average Bonchev–Trinajstić information content (AvgIpc) is 3.44. The van der Waals surface area contributed by atoms with Gasteiger partial charge in [0.2, 0.25) is 11.3 Å². The lowest BCUT2D eigenvalue weighted by Gasteiger charge is -2.33. The lowest BCUT2D eigenvalue weighted by Crippen LogP contribution is -2.57. The van der Waals surface area contributed by atoms with Crippen molar-refractivity contribution in [3.05, 3.63) is 42.0 Å². The van der Waals surface area contributed by atoms with Gasteiger partial charge in [-0.1, -0.05) is 30.3 Å². The van der Waals surface area contributed by atoms with Gasteiger partial charge < -0.3 is 34.5 Å². The summed E-state index contributed by atoms with van der Waals surface area (Å²) in [7, 11) is -7.16. The van der Waals surface area contributed by atoms with Gasteiger partial charge in [0.05, 0.1) is 18.5 Å². The van der Waals surface area contributed by atoms with E-state index in [-0.39, 0.29) is 11.4 Å². The maximum atomic E-state index is 14.5. The van der Waals surface area contributed by atoms with Crippen LogP contribution in [0.4, 0.5) is 5.69 Å². The van der Waals surface area contributed by atoms with E-state index in [1.807, 2.05) is 18.2 Å². The molecule has 2 aromatic carbocycles. The van der Waals surface area contributed by atoms with Gasteiger partial charge in [0.15, 0.2) is 17.9 Å². The number of carbonyl (C=O) groups excluding carboxylic acids is 1. The fourth-order valence-corrected chi connectivity index (χ4v) is 6.54. The number of phosphoric ester groups is 1. The van der Waals surface area contributed by atoms with Gasteiger partial charge in [-0.3, -0.25) is 19.6 Å². The van der Waals surface area contributed by atoms with Crippen LogP contribution in [0.2, 0.25) is 0 Å². The van der Waals surface area contributed by atoms with Gasteiger partial charge >= 0.3 is 15.6 Å². The molecular formula is C23H26N6O11P2. The van der Waals surface area contributed by atoms with Crippen LogP contribution in [-0.2, 0) is 22.7 Å². The van der Waals surface area contributed by atoms with Crippen LogP contribution < -0.4 is 4.90 Å². The molecule has 19 heteroatoms. The maximum Gasteiger partial charge on any atom is 0.481 e. The first-order valence-corrected chi connectivity index (χ1v) is 15.2. The van der Waals surface area contributed by atoms with Crippen LogP contribution in [0.1, 0.15) is 10.4 Å². The normalized spacial score (nSPS) is 28.6. The molecule has 3 aliphatic heterocycles. The van der Waals surface area contributed by atoms with Crippen molar-refractivity contribution in [2.24, 2.45) is 15.0 Å². The molecule has 0 bridgehead atoms. The smallest absolute Gasteiger partial charge is 0.387 e. The minimum atomic E-state index is -5.40.